The van der Waals surface area contributed by atoms with Crippen molar-refractivity contribution in [3.63, 3.8) is 0 Å². The summed E-state index contributed by atoms with van der Waals surface area (Å²) in [6.07, 6.45) is 5.44. The Labute approximate surface area is 245 Å². The van der Waals surface area contributed by atoms with Crippen LogP contribution < -0.4 is 14.8 Å². The Morgan fingerprint density at radius 3 is 2.56 bits per heavy atom. The number of hydrogen-bond donors (Lipinski definition) is 2. The Hall–Kier alpha value is -5.05. The van der Waals surface area contributed by atoms with Crippen LogP contribution >= 0.6 is 0 Å². The van der Waals surface area contributed by atoms with Crippen LogP contribution in [0, 0.1) is 11.6 Å². The van der Waals surface area contributed by atoms with Gasteiger partial charge in [0.1, 0.15) is 11.5 Å². The summed E-state index contributed by atoms with van der Waals surface area (Å²) in [5.74, 6) is -2.04. The Balaban J connectivity index is 1.21. The van der Waals surface area contributed by atoms with Crippen molar-refractivity contribution in [1.29, 1.82) is 0 Å². The van der Waals surface area contributed by atoms with Gasteiger partial charge in [-0.25, -0.2) is 28.7 Å². The third-order valence-corrected chi connectivity index (χ3v) is 7.00. The molecular formula is C28H29F2N9O4. The average Bonchev–Trinajstić information content (AvgIpc) is 3.53. The second kappa shape index (κ2) is 12.1. The Kier molecular flexibility index (Phi) is 8.25. The van der Waals surface area contributed by atoms with Crippen molar-refractivity contribution in [2.24, 2.45) is 0 Å². The van der Waals surface area contributed by atoms with E-state index in [9.17, 15) is 18.4 Å². The molecule has 1 aromatic carbocycles. The van der Waals surface area contributed by atoms with Crippen molar-refractivity contribution in [1.82, 2.24) is 39.9 Å². The number of rotatable bonds is 8. The minimum atomic E-state index is -0.881. The van der Waals surface area contributed by atoms with Crippen molar-refractivity contribution in [2.45, 2.75) is 32.4 Å². The van der Waals surface area contributed by atoms with Gasteiger partial charge in [-0.2, -0.15) is 5.10 Å². The van der Waals surface area contributed by atoms with Gasteiger partial charge in [0.15, 0.2) is 23.1 Å². The number of H-pyrrole nitrogens is 1. The summed E-state index contributed by atoms with van der Waals surface area (Å²) in [5, 5.41) is 9.46. The van der Waals surface area contributed by atoms with Gasteiger partial charge >= 0.3 is 0 Å². The predicted octanol–water partition coefficient (Wildman–Crippen LogP) is 3.30. The monoisotopic (exact) mass is 593 g/mol. The van der Waals surface area contributed by atoms with Crippen LogP contribution in [0.15, 0.2) is 49.1 Å². The van der Waals surface area contributed by atoms with Crippen LogP contribution in [0.5, 0.6) is 17.5 Å². The molecule has 3 aromatic heterocycles. The van der Waals surface area contributed by atoms with Gasteiger partial charge < -0.3 is 19.7 Å². The van der Waals surface area contributed by atoms with Gasteiger partial charge in [-0.3, -0.25) is 19.6 Å². The number of anilines is 1. The van der Waals surface area contributed by atoms with Crippen LogP contribution in [0.2, 0.25) is 0 Å². The number of benzene rings is 1. The molecule has 15 heteroatoms. The van der Waals surface area contributed by atoms with E-state index in [1.54, 1.807) is 24.1 Å². The molecule has 43 heavy (non-hydrogen) atoms. The molecule has 0 radical (unpaired) electrons. The molecule has 2 amide bonds. The largest absolute Gasteiger partial charge is 0.479 e. The first-order chi connectivity index (χ1) is 20.6. The zero-order valence-electron chi connectivity index (χ0n) is 23.8. The number of nitrogens with zero attached hydrogens (tertiary/aromatic N) is 7. The van der Waals surface area contributed by atoms with Gasteiger partial charge in [0.25, 0.3) is 5.91 Å². The summed E-state index contributed by atoms with van der Waals surface area (Å²) >= 11 is 0. The fourth-order valence-electron chi connectivity index (χ4n) is 4.73. The second-order valence-electron chi connectivity index (χ2n) is 10.4. The molecule has 1 aliphatic rings. The van der Waals surface area contributed by atoms with E-state index >= 15 is 0 Å². The first kappa shape index (κ1) is 29.4. The Morgan fingerprint density at radius 1 is 1.09 bits per heavy atom. The van der Waals surface area contributed by atoms with E-state index in [0.29, 0.717) is 37.1 Å². The lowest BCUT2D eigenvalue weighted by Crippen LogP contribution is -2.63. The number of hydrogen-bond acceptors (Lipinski definition) is 10. The number of ether oxygens (including phenoxy) is 2. The quantitative estimate of drug-likeness (QED) is 0.311. The average molecular weight is 594 g/mol. The molecule has 0 aliphatic carbocycles. The van der Waals surface area contributed by atoms with Crippen LogP contribution in [0.4, 0.5) is 14.6 Å². The molecule has 0 bridgehead atoms. The number of aromatic amines is 1. The van der Waals surface area contributed by atoms with E-state index in [1.165, 1.54) is 25.7 Å². The topological polar surface area (TPSA) is 151 Å². The van der Waals surface area contributed by atoms with Crippen molar-refractivity contribution in [3.8, 4) is 28.9 Å². The lowest BCUT2D eigenvalue weighted by atomic mass is 9.96. The smallest absolute Gasteiger partial charge is 0.274 e. The van der Waals surface area contributed by atoms with Crippen LogP contribution in [0.1, 0.15) is 31.3 Å². The highest BCUT2D eigenvalue weighted by molar-refractivity contribution is 5.94. The fraction of sp³-hybridized carbons (Fsp3) is 0.321. The van der Waals surface area contributed by atoms with Gasteiger partial charge in [-0.1, -0.05) is 0 Å². The molecule has 1 atom stereocenters. The molecule has 4 heterocycles. The molecule has 5 rings (SSSR count). The van der Waals surface area contributed by atoms with Crippen molar-refractivity contribution in [3.05, 3.63) is 66.4 Å². The molecule has 0 saturated carbocycles. The maximum Gasteiger partial charge on any atom is 0.274 e. The number of nitrogens with one attached hydrogen (secondary N) is 2. The van der Waals surface area contributed by atoms with E-state index in [2.05, 4.69) is 35.5 Å². The van der Waals surface area contributed by atoms with E-state index < -0.39 is 23.2 Å². The van der Waals surface area contributed by atoms with E-state index in [4.69, 9.17) is 9.47 Å². The number of amides is 2. The summed E-state index contributed by atoms with van der Waals surface area (Å²) in [6, 6.07) is 4.04. The molecule has 4 aromatic rings. The normalized spacial score (nSPS) is 15.5. The Bertz CT molecular complexity index is 1620. The van der Waals surface area contributed by atoms with Gasteiger partial charge in [-0.15, -0.1) is 0 Å². The lowest BCUT2D eigenvalue weighted by molar-refractivity contribution is -0.122. The number of methoxy groups -OCH3 is 1. The SMILES string of the molecule is COc1ncc(C(=O)N2CCN([C@@H](C)C(=O)Nc3cnc(Oc4ccc(F)cc4F)cn3)CC2(C)C)nc1-c1ccn[nH]1. The van der Waals surface area contributed by atoms with Gasteiger partial charge in [-0.05, 0) is 39.0 Å². The van der Waals surface area contributed by atoms with Gasteiger partial charge in [0, 0.05) is 31.9 Å². The van der Waals surface area contributed by atoms with Crippen molar-refractivity contribution >= 4 is 17.6 Å². The third kappa shape index (κ3) is 6.40. The molecule has 1 aliphatic heterocycles. The van der Waals surface area contributed by atoms with Crippen LogP contribution in [-0.4, -0.2) is 90.1 Å². The zero-order valence-corrected chi connectivity index (χ0v) is 23.8. The molecule has 0 unspecified atom stereocenters. The molecular weight excluding hydrogens is 564 g/mol. The van der Waals surface area contributed by atoms with E-state index in [1.807, 2.05) is 18.7 Å². The highest BCUT2D eigenvalue weighted by Gasteiger charge is 2.40. The molecule has 1 saturated heterocycles. The van der Waals surface area contributed by atoms with Crippen LogP contribution in [-0.2, 0) is 4.79 Å². The molecule has 13 nitrogen and oxygen atoms in total. The lowest BCUT2D eigenvalue weighted by Gasteiger charge is -2.48. The maximum absolute atomic E-state index is 13.8. The molecule has 0 spiro atoms. The number of aromatic nitrogens is 6. The number of carbonyl (C=O) groups is 2. The molecule has 2 N–H and O–H groups in total. The first-order valence-electron chi connectivity index (χ1n) is 13.3. The van der Waals surface area contributed by atoms with E-state index in [-0.39, 0.29) is 40.8 Å². The van der Waals surface area contributed by atoms with Crippen molar-refractivity contribution < 1.29 is 27.8 Å². The Morgan fingerprint density at radius 2 is 1.91 bits per heavy atom. The number of carbonyl (C=O) groups excluding carboxylic acids is 2. The standard InChI is InChI=1S/C28H29F2N9O4/c1-16(25(40)36-22-13-32-23(14-31-22)43-21-6-5-17(29)11-18(21)30)38-9-10-39(28(2,3)15-38)27(41)20-12-33-26(42-4)24(35-20)19-7-8-34-37-19/h5-8,11-14,16H,9-10,15H2,1-4H3,(H,34,37)(H,31,36,40)/t16-/m0/s1. The summed E-state index contributed by atoms with van der Waals surface area (Å²) in [6.45, 7) is 6.79. The van der Waals surface area contributed by atoms with Gasteiger partial charge in [0.05, 0.1) is 43.0 Å². The maximum atomic E-state index is 13.8. The minimum absolute atomic E-state index is 0.0303. The predicted molar refractivity (Wildman–Crippen MR) is 149 cm³/mol. The second-order valence-corrected chi connectivity index (χ2v) is 10.4. The summed E-state index contributed by atoms with van der Waals surface area (Å²) in [4.78, 5) is 47.2. The molecule has 224 valence electrons. The summed E-state index contributed by atoms with van der Waals surface area (Å²) in [5.41, 5.74) is 0.453. The van der Waals surface area contributed by atoms with Gasteiger partial charge in [0.2, 0.25) is 17.7 Å². The highest BCUT2D eigenvalue weighted by atomic mass is 19.1. The van der Waals surface area contributed by atoms with E-state index in [0.717, 1.165) is 12.1 Å². The summed E-state index contributed by atoms with van der Waals surface area (Å²) in [7, 11) is 1.47. The highest BCUT2D eigenvalue weighted by Crippen LogP contribution is 2.28. The number of piperazine rings is 1. The first-order valence-corrected chi connectivity index (χ1v) is 13.3. The number of halogens is 2. The van der Waals surface area contributed by atoms with Crippen LogP contribution in [0.25, 0.3) is 11.4 Å². The van der Waals surface area contributed by atoms with Crippen molar-refractivity contribution in [2.75, 3.05) is 32.1 Å². The molecule has 1 fully saturated rings. The van der Waals surface area contributed by atoms with Crippen LogP contribution in [0.3, 0.4) is 0 Å². The summed E-state index contributed by atoms with van der Waals surface area (Å²) < 4.78 is 37.6. The zero-order chi connectivity index (χ0) is 30.7. The third-order valence-electron chi connectivity index (χ3n) is 7.00. The fourth-order valence-corrected chi connectivity index (χ4v) is 4.73. The minimum Gasteiger partial charge on any atom is -0.479 e.